The molecule has 118 valence electrons. The third kappa shape index (κ3) is 4.52. The van der Waals surface area contributed by atoms with E-state index in [1.807, 2.05) is 0 Å². The summed E-state index contributed by atoms with van der Waals surface area (Å²) in [4.78, 5) is 12.0. The number of hydrogen-bond donors (Lipinski definition) is 1. The molecule has 0 heterocycles. The molecule has 1 unspecified atom stereocenters. The van der Waals surface area contributed by atoms with Crippen LogP contribution in [0.25, 0.3) is 0 Å². The fourth-order valence-electron chi connectivity index (χ4n) is 1.78. The Morgan fingerprint density at radius 2 is 1.90 bits per heavy atom. The minimum absolute atomic E-state index is 0.134. The SMILES string of the molecule is COC(=O)C(NS(=O)(=O)c1cc(Br)ccc1C)C(C)(C)C. The standard InChI is InChI=1S/C14H20BrNO4S/c1-9-6-7-10(15)8-11(9)21(18,19)16-12(13(17)20-5)14(2,3)4/h6-8,12,16H,1-5H3. The molecule has 1 rings (SSSR count). The number of hydrogen-bond acceptors (Lipinski definition) is 4. The van der Waals surface area contributed by atoms with Gasteiger partial charge in [-0.1, -0.05) is 42.8 Å². The third-order valence-corrected chi connectivity index (χ3v) is 5.07. The zero-order valence-corrected chi connectivity index (χ0v) is 15.1. The molecule has 0 saturated carbocycles. The smallest absolute Gasteiger partial charge is 0.324 e. The molecule has 0 amide bonds. The van der Waals surface area contributed by atoms with Crippen LogP contribution in [0.15, 0.2) is 27.6 Å². The summed E-state index contributed by atoms with van der Waals surface area (Å²) in [5.41, 5.74) is -0.0108. The van der Waals surface area contributed by atoms with Crippen LogP contribution in [-0.2, 0) is 19.6 Å². The van der Waals surface area contributed by atoms with Crippen molar-refractivity contribution in [3.05, 3.63) is 28.2 Å². The van der Waals surface area contributed by atoms with E-state index in [1.54, 1.807) is 39.8 Å². The van der Waals surface area contributed by atoms with Gasteiger partial charge in [-0.25, -0.2) is 8.42 Å². The Bertz CT molecular complexity index is 635. The molecule has 0 aliphatic carbocycles. The van der Waals surface area contributed by atoms with Gasteiger partial charge in [0.15, 0.2) is 0 Å². The summed E-state index contributed by atoms with van der Waals surface area (Å²) < 4.78 is 32.9. The lowest BCUT2D eigenvalue weighted by atomic mass is 9.87. The lowest BCUT2D eigenvalue weighted by Gasteiger charge is -2.29. The number of sulfonamides is 1. The highest BCUT2D eigenvalue weighted by Gasteiger charge is 2.36. The first-order valence-corrected chi connectivity index (χ1v) is 8.63. The second kappa shape index (κ2) is 6.46. The van der Waals surface area contributed by atoms with Crippen molar-refractivity contribution in [2.24, 2.45) is 5.41 Å². The van der Waals surface area contributed by atoms with E-state index < -0.39 is 27.4 Å². The van der Waals surface area contributed by atoms with E-state index in [-0.39, 0.29) is 4.90 Å². The minimum Gasteiger partial charge on any atom is -0.468 e. The van der Waals surface area contributed by atoms with Gasteiger partial charge in [-0.3, -0.25) is 4.79 Å². The third-order valence-electron chi connectivity index (χ3n) is 3.02. The first kappa shape index (κ1) is 18.1. The van der Waals surface area contributed by atoms with Crippen molar-refractivity contribution in [2.45, 2.75) is 38.6 Å². The zero-order chi connectivity index (χ0) is 16.4. The van der Waals surface area contributed by atoms with Gasteiger partial charge in [0.1, 0.15) is 6.04 Å². The maximum Gasteiger partial charge on any atom is 0.324 e. The molecule has 0 fully saturated rings. The maximum absolute atomic E-state index is 12.5. The molecule has 0 spiro atoms. The van der Waals surface area contributed by atoms with Gasteiger partial charge in [-0.2, -0.15) is 4.72 Å². The van der Waals surface area contributed by atoms with Crippen LogP contribution in [0.2, 0.25) is 0 Å². The summed E-state index contributed by atoms with van der Waals surface area (Å²) in [5.74, 6) is -0.612. The first-order chi connectivity index (χ1) is 9.49. The van der Waals surface area contributed by atoms with Gasteiger partial charge in [0.25, 0.3) is 0 Å². The Labute approximate surface area is 134 Å². The van der Waals surface area contributed by atoms with Crippen molar-refractivity contribution >= 4 is 31.9 Å². The van der Waals surface area contributed by atoms with Crippen LogP contribution >= 0.6 is 15.9 Å². The van der Waals surface area contributed by atoms with Crippen molar-refractivity contribution in [3.63, 3.8) is 0 Å². The topological polar surface area (TPSA) is 72.5 Å². The quantitative estimate of drug-likeness (QED) is 0.818. The molecule has 5 nitrogen and oxygen atoms in total. The molecule has 1 atom stereocenters. The van der Waals surface area contributed by atoms with Crippen LogP contribution < -0.4 is 4.72 Å². The molecule has 21 heavy (non-hydrogen) atoms. The molecule has 0 radical (unpaired) electrons. The Balaban J connectivity index is 3.24. The van der Waals surface area contributed by atoms with E-state index in [4.69, 9.17) is 4.74 Å². The number of halogens is 1. The number of nitrogens with one attached hydrogen (secondary N) is 1. The molecule has 0 aliphatic heterocycles. The van der Waals surface area contributed by atoms with E-state index >= 15 is 0 Å². The monoisotopic (exact) mass is 377 g/mol. The Kier molecular flexibility index (Phi) is 5.57. The number of methoxy groups -OCH3 is 1. The van der Waals surface area contributed by atoms with Crippen molar-refractivity contribution < 1.29 is 17.9 Å². The van der Waals surface area contributed by atoms with Crippen LogP contribution in [0, 0.1) is 12.3 Å². The van der Waals surface area contributed by atoms with Crippen LogP contribution in [-0.4, -0.2) is 27.5 Å². The Morgan fingerprint density at radius 3 is 2.38 bits per heavy atom. The fourth-order valence-corrected chi connectivity index (χ4v) is 3.95. The summed E-state index contributed by atoms with van der Waals surface area (Å²) in [6.07, 6.45) is 0. The second-order valence-electron chi connectivity index (χ2n) is 5.85. The number of carbonyl (C=O) groups excluding carboxylic acids is 1. The summed E-state index contributed by atoms with van der Waals surface area (Å²) in [5, 5.41) is 0. The molecule has 1 aromatic rings. The summed E-state index contributed by atoms with van der Waals surface area (Å²) in [7, 11) is -2.60. The highest BCUT2D eigenvalue weighted by atomic mass is 79.9. The van der Waals surface area contributed by atoms with Crippen LogP contribution in [0.5, 0.6) is 0 Å². The predicted octanol–water partition coefficient (Wildman–Crippen LogP) is 2.62. The predicted molar refractivity (Wildman–Crippen MR) is 84.5 cm³/mol. The van der Waals surface area contributed by atoms with Crippen molar-refractivity contribution in [2.75, 3.05) is 7.11 Å². The van der Waals surface area contributed by atoms with Gasteiger partial charge in [0.05, 0.1) is 12.0 Å². The number of esters is 1. The van der Waals surface area contributed by atoms with Gasteiger partial charge < -0.3 is 4.74 Å². The highest BCUT2D eigenvalue weighted by molar-refractivity contribution is 9.10. The Hall–Kier alpha value is -0.920. The van der Waals surface area contributed by atoms with Crippen LogP contribution in [0.4, 0.5) is 0 Å². The minimum atomic E-state index is -3.83. The molecule has 0 saturated heterocycles. The average Bonchev–Trinajstić information content (AvgIpc) is 2.36. The van der Waals surface area contributed by atoms with E-state index in [9.17, 15) is 13.2 Å². The largest absolute Gasteiger partial charge is 0.468 e. The Morgan fingerprint density at radius 1 is 1.33 bits per heavy atom. The molecule has 0 aromatic heterocycles. The normalized spacial score (nSPS) is 13.8. The van der Waals surface area contributed by atoms with Gasteiger partial charge in [-0.05, 0) is 30.0 Å². The second-order valence-corrected chi connectivity index (χ2v) is 8.45. The number of ether oxygens (including phenoxy) is 1. The highest BCUT2D eigenvalue weighted by Crippen LogP contribution is 2.25. The van der Waals surface area contributed by atoms with Crippen LogP contribution in [0.1, 0.15) is 26.3 Å². The van der Waals surface area contributed by atoms with Gasteiger partial charge in [0, 0.05) is 4.47 Å². The summed E-state index contributed by atoms with van der Waals surface area (Å²) >= 11 is 3.25. The lowest BCUT2D eigenvalue weighted by molar-refractivity contribution is -0.145. The average molecular weight is 378 g/mol. The molecule has 1 aromatic carbocycles. The summed E-state index contributed by atoms with van der Waals surface area (Å²) in [6, 6.07) is 4.00. The summed E-state index contributed by atoms with van der Waals surface area (Å²) in [6.45, 7) is 7.01. The van der Waals surface area contributed by atoms with Crippen molar-refractivity contribution in [3.8, 4) is 0 Å². The molecule has 0 aliphatic rings. The van der Waals surface area contributed by atoms with E-state index in [0.29, 0.717) is 10.0 Å². The van der Waals surface area contributed by atoms with Crippen LogP contribution in [0.3, 0.4) is 0 Å². The first-order valence-electron chi connectivity index (χ1n) is 6.35. The molecule has 7 heteroatoms. The van der Waals surface area contributed by atoms with Gasteiger partial charge in [-0.15, -0.1) is 0 Å². The molecule has 0 bridgehead atoms. The molecule has 1 N–H and O–H groups in total. The van der Waals surface area contributed by atoms with Gasteiger partial charge in [0.2, 0.25) is 10.0 Å². The fraction of sp³-hybridized carbons (Fsp3) is 0.500. The van der Waals surface area contributed by atoms with Gasteiger partial charge >= 0.3 is 5.97 Å². The maximum atomic E-state index is 12.5. The molecular formula is C14H20BrNO4S. The lowest BCUT2D eigenvalue weighted by Crippen LogP contribution is -2.49. The van der Waals surface area contributed by atoms with Crippen molar-refractivity contribution in [1.29, 1.82) is 0 Å². The zero-order valence-electron chi connectivity index (χ0n) is 12.7. The molecular weight excluding hydrogens is 358 g/mol. The van der Waals surface area contributed by atoms with E-state index in [2.05, 4.69) is 20.7 Å². The van der Waals surface area contributed by atoms with E-state index in [1.165, 1.54) is 13.2 Å². The number of rotatable bonds is 4. The number of benzene rings is 1. The number of carbonyl (C=O) groups is 1. The van der Waals surface area contributed by atoms with Crippen molar-refractivity contribution in [1.82, 2.24) is 4.72 Å². The van der Waals surface area contributed by atoms with E-state index in [0.717, 1.165) is 0 Å². The number of aryl methyl sites for hydroxylation is 1.